The number of allylic oxidation sites excluding steroid dienone is 1. The Morgan fingerprint density at radius 1 is 1.23 bits per heavy atom. The molecule has 0 aliphatic carbocycles. The summed E-state index contributed by atoms with van der Waals surface area (Å²) in [5, 5.41) is 11.7. The van der Waals surface area contributed by atoms with Gasteiger partial charge in [-0.15, -0.1) is 0 Å². The number of nitrogens with zero attached hydrogens (tertiary/aromatic N) is 1. The third-order valence-corrected chi connectivity index (χ3v) is 1.90. The lowest BCUT2D eigenvalue weighted by molar-refractivity contribution is 0.319. The second-order valence-corrected chi connectivity index (χ2v) is 2.92. The van der Waals surface area contributed by atoms with Gasteiger partial charge in [0, 0.05) is 0 Å². The van der Waals surface area contributed by atoms with Crippen LogP contribution < -0.4 is 0 Å². The van der Waals surface area contributed by atoms with E-state index < -0.39 is 0 Å². The van der Waals surface area contributed by atoms with Crippen molar-refractivity contribution in [2.24, 2.45) is 5.16 Å². The molecular weight excluding hydrogens is 162 g/mol. The zero-order chi connectivity index (χ0) is 9.68. The minimum absolute atomic E-state index is 0.642. The molecule has 68 valence electrons. The first-order chi connectivity index (χ1) is 6.24. The maximum atomic E-state index is 8.53. The molecule has 1 N–H and O–H groups in total. The third kappa shape index (κ3) is 2.75. The predicted molar refractivity (Wildman–Crippen MR) is 55.0 cm³/mol. The van der Waals surface area contributed by atoms with Crippen LogP contribution in [0.15, 0.2) is 41.1 Å². The topological polar surface area (TPSA) is 32.6 Å². The standard InChI is InChI=1S/C11H13NO/c1-9(10(2)12-13)8-11-6-4-3-5-7-11/h3-8,13H,1-2H3/b9-8+,12-10+. The molecule has 0 saturated carbocycles. The van der Waals surface area contributed by atoms with Crippen molar-refractivity contribution < 1.29 is 5.21 Å². The highest BCUT2D eigenvalue weighted by Gasteiger charge is 1.94. The molecule has 0 atom stereocenters. The lowest BCUT2D eigenvalue weighted by Gasteiger charge is -1.97. The molecule has 0 amide bonds. The van der Waals surface area contributed by atoms with Gasteiger partial charge in [0.2, 0.25) is 0 Å². The quantitative estimate of drug-likeness (QED) is 0.418. The van der Waals surface area contributed by atoms with E-state index in [9.17, 15) is 0 Å². The van der Waals surface area contributed by atoms with Crippen molar-refractivity contribution in [3.05, 3.63) is 41.5 Å². The maximum absolute atomic E-state index is 8.53. The Morgan fingerprint density at radius 3 is 2.38 bits per heavy atom. The SMILES string of the molecule is CC(=C\c1ccccc1)/C(C)=N/O. The van der Waals surface area contributed by atoms with E-state index in [-0.39, 0.29) is 0 Å². The Labute approximate surface area is 78.2 Å². The van der Waals surface area contributed by atoms with E-state index in [0.29, 0.717) is 5.71 Å². The maximum Gasteiger partial charge on any atom is 0.0794 e. The molecule has 1 rings (SSSR count). The Balaban J connectivity index is 2.89. The minimum atomic E-state index is 0.642. The van der Waals surface area contributed by atoms with Gasteiger partial charge in [-0.2, -0.15) is 0 Å². The zero-order valence-electron chi connectivity index (χ0n) is 7.86. The smallest absolute Gasteiger partial charge is 0.0794 e. The van der Waals surface area contributed by atoms with E-state index in [4.69, 9.17) is 5.21 Å². The second-order valence-electron chi connectivity index (χ2n) is 2.92. The fraction of sp³-hybridized carbons (Fsp3) is 0.182. The van der Waals surface area contributed by atoms with Crippen LogP contribution in [0.25, 0.3) is 6.08 Å². The van der Waals surface area contributed by atoms with Crippen LogP contribution in [-0.2, 0) is 0 Å². The summed E-state index contributed by atoms with van der Waals surface area (Å²) in [4.78, 5) is 0. The number of rotatable bonds is 2. The average molecular weight is 175 g/mol. The second kappa shape index (κ2) is 4.45. The van der Waals surface area contributed by atoms with Gasteiger partial charge in [-0.25, -0.2) is 0 Å². The Hall–Kier alpha value is -1.57. The van der Waals surface area contributed by atoms with Crippen LogP contribution in [-0.4, -0.2) is 10.9 Å². The van der Waals surface area contributed by atoms with Crippen molar-refractivity contribution in [2.75, 3.05) is 0 Å². The van der Waals surface area contributed by atoms with Gasteiger partial charge in [-0.1, -0.05) is 41.6 Å². The van der Waals surface area contributed by atoms with E-state index in [1.807, 2.05) is 43.3 Å². The Morgan fingerprint density at radius 2 is 1.85 bits per heavy atom. The number of hydrogen-bond donors (Lipinski definition) is 1. The zero-order valence-corrected chi connectivity index (χ0v) is 7.86. The summed E-state index contributed by atoms with van der Waals surface area (Å²) in [6.45, 7) is 3.69. The lowest BCUT2D eigenvalue weighted by atomic mass is 10.1. The Bertz CT molecular complexity index is 325. The first-order valence-corrected chi connectivity index (χ1v) is 4.16. The van der Waals surface area contributed by atoms with Crippen molar-refractivity contribution in [3.8, 4) is 0 Å². The molecule has 0 aromatic heterocycles. The molecule has 0 radical (unpaired) electrons. The van der Waals surface area contributed by atoms with Gasteiger partial charge in [0.15, 0.2) is 0 Å². The van der Waals surface area contributed by atoms with Crippen molar-refractivity contribution in [1.82, 2.24) is 0 Å². The molecule has 0 fully saturated rings. The number of benzene rings is 1. The van der Waals surface area contributed by atoms with E-state index in [1.54, 1.807) is 6.92 Å². The molecule has 0 heterocycles. The van der Waals surface area contributed by atoms with E-state index >= 15 is 0 Å². The van der Waals surface area contributed by atoms with Crippen molar-refractivity contribution in [1.29, 1.82) is 0 Å². The van der Waals surface area contributed by atoms with Gasteiger partial charge in [-0.3, -0.25) is 0 Å². The molecule has 13 heavy (non-hydrogen) atoms. The molecule has 2 nitrogen and oxygen atoms in total. The number of oxime groups is 1. The predicted octanol–water partition coefficient (Wildman–Crippen LogP) is 2.94. The molecule has 0 bridgehead atoms. The molecule has 0 aliphatic heterocycles. The van der Waals surface area contributed by atoms with Crippen LogP contribution in [0.4, 0.5) is 0 Å². The molecular formula is C11H13NO. The van der Waals surface area contributed by atoms with E-state index in [2.05, 4.69) is 5.16 Å². The van der Waals surface area contributed by atoms with Crippen LogP contribution in [0.3, 0.4) is 0 Å². The molecule has 1 aromatic carbocycles. The largest absolute Gasteiger partial charge is 0.411 e. The molecule has 1 aromatic rings. The summed E-state index contributed by atoms with van der Waals surface area (Å²) in [5.74, 6) is 0. The lowest BCUT2D eigenvalue weighted by Crippen LogP contribution is -1.92. The minimum Gasteiger partial charge on any atom is -0.411 e. The third-order valence-electron chi connectivity index (χ3n) is 1.90. The Kier molecular flexibility index (Phi) is 3.26. The molecule has 0 aliphatic rings. The fourth-order valence-electron chi connectivity index (χ4n) is 0.983. The summed E-state index contributed by atoms with van der Waals surface area (Å²) < 4.78 is 0. The highest BCUT2D eigenvalue weighted by molar-refractivity contribution is 6.01. The van der Waals surface area contributed by atoms with Gasteiger partial charge >= 0.3 is 0 Å². The molecule has 0 unspecified atom stereocenters. The highest BCUT2D eigenvalue weighted by atomic mass is 16.4. The van der Waals surface area contributed by atoms with Crippen molar-refractivity contribution in [3.63, 3.8) is 0 Å². The van der Waals surface area contributed by atoms with Crippen LogP contribution >= 0.6 is 0 Å². The summed E-state index contributed by atoms with van der Waals surface area (Å²) >= 11 is 0. The van der Waals surface area contributed by atoms with Crippen LogP contribution in [0.5, 0.6) is 0 Å². The monoisotopic (exact) mass is 175 g/mol. The van der Waals surface area contributed by atoms with Gasteiger partial charge in [0.25, 0.3) is 0 Å². The highest BCUT2D eigenvalue weighted by Crippen LogP contribution is 2.06. The van der Waals surface area contributed by atoms with Crippen molar-refractivity contribution in [2.45, 2.75) is 13.8 Å². The summed E-state index contributed by atoms with van der Waals surface area (Å²) in [7, 11) is 0. The molecule has 0 spiro atoms. The molecule has 0 saturated heterocycles. The van der Waals surface area contributed by atoms with Crippen molar-refractivity contribution >= 4 is 11.8 Å². The van der Waals surface area contributed by atoms with Crippen LogP contribution in [0.2, 0.25) is 0 Å². The van der Waals surface area contributed by atoms with Crippen LogP contribution in [0, 0.1) is 0 Å². The van der Waals surface area contributed by atoms with Gasteiger partial charge < -0.3 is 5.21 Å². The number of hydrogen-bond acceptors (Lipinski definition) is 2. The van der Waals surface area contributed by atoms with Gasteiger partial charge in [-0.05, 0) is 25.0 Å². The first kappa shape index (κ1) is 9.52. The fourth-order valence-corrected chi connectivity index (χ4v) is 0.983. The summed E-state index contributed by atoms with van der Waals surface area (Å²) in [6, 6.07) is 9.94. The summed E-state index contributed by atoms with van der Waals surface area (Å²) in [6.07, 6.45) is 1.98. The van der Waals surface area contributed by atoms with E-state index in [0.717, 1.165) is 11.1 Å². The average Bonchev–Trinajstić information content (AvgIpc) is 2.18. The van der Waals surface area contributed by atoms with Gasteiger partial charge in [0.05, 0.1) is 5.71 Å². The van der Waals surface area contributed by atoms with Gasteiger partial charge in [0.1, 0.15) is 0 Å². The summed E-state index contributed by atoms with van der Waals surface area (Å²) in [5.41, 5.74) is 2.72. The van der Waals surface area contributed by atoms with Crippen LogP contribution in [0.1, 0.15) is 19.4 Å². The van der Waals surface area contributed by atoms with E-state index in [1.165, 1.54) is 0 Å². The normalized spacial score (nSPS) is 13.1. The first-order valence-electron chi connectivity index (χ1n) is 4.16. The molecule has 2 heteroatoms.